The Bertz CT molecular complexity index is 203. The Morgan fingerprint density at radius 3 is 2.71 bits per heavy atom. The predicted molar refractivity (Wildman–Crippen MR) is 66.1 cm³/mol. The molecule has 1 N–H and O–H groups in total. The number of nitrogens with one attached hydrogen (secondary N) is 1. The molecule has 0 aromatic heterocycles. The monoisotopic (exact) mass is 244 g/mol. The van der Waals surface area contributed by atoms with Crippen LogP contribution < -0.4 is 4.90 Å². The molecule has 17 heavy (non-hydrogen) atoms. The molecule has 1 fully saturated rings. The lowest BCUT2D eigenvalue weighted by Gasteiger charge is -2.23. The second kappa shape index (κ2) is 9.42. The van der Waals surface area contributed by atoms with Crippen molar-refractivity contribution < 1.29 is 19.2 Å². The highest BCUT2D eigenvalue weighted by atomic mass is 16.5. The third kappa shape index (κ3) is 7.34. The standard InChI is InChI=1S/C13H25NO3/c1-2-3-4-5-6-13(15)17-12-9-14-7-10-16-11-8-14/h2-12H2,1H3/p+1. The molecular formula is C13H26NO3+. The van der Waals surface area contributed by atoms with Crippen molar-refractivity contribution in [3.8, 4) is 0 Å². The number of unbranched alkanes of at least 4 members (excludes halogenated alkanes) is 3. The molecule has 0 saturated carbocycles. The second-order valence-corrected chi connectivity index (χ2v) is 4.64. The van der Waals surface area contributed by atoms with Crippen LogP contribution in [0.15, 0.2) is 0 Å². The summed E-state index contributed by atoms with van der Waals surface area (Å²) >= 11 is 0. The number of ether oxygens (including phenoxy) is 2. The first-order valence-electron chi connectivity index (χ1n) is 6.90. The summed E-state index contributed by atoms with van der Waals surface area (Å²) in [5.74, 6) is -0.0336. The van der Waals surface area contributed by atoms with Crippen molar-refractivity contribution in [1.29, 1.82) is 0 Å². The molecule has 0 atom stereocenters. The summed E-state index contributed by atoms with van der Waals surface area (Å²) in [5.41, 5.74) is 0. The lowest BCUT2D eigenvalue weighted by atomic mass is 10.2. The first kappa shape index (κ1) is 14.5. The molecule has 0 spiro atoms. The van der Waals surface area contributed by atoms with Crippen LogP contribution in [0.2, 0.25) is 0 Å². The van der Waals surface area contributed by atoms with Crippen LogP contribution >= 0.6 is 0 Å². The first-order chi connectivity index (χ1) is 8.33. The zero-order chi connectivity index (χ0) is 12.3. The molecular weight excluding hydrogens is 218 g/mol. The van der Waals surface area contributed by atoms with Gasteiger partial charge in [-0.1, -0.05) is 26.2 Å². The molecule has 0 aromatic carbocycles. The highest BCUT2D eigenvalue weighted by molar-refractivity contribution is 5.69. The Kier molecular flexibility index (Phi) is 8.01. The SMILES string of the molecule is CCCCCCC(=O)OCC[NH+]1CCOCC1. The maximum Gasteiger partial charge on any atom is 0.305 e. The molecule has 0 aromatic rings. The molecule has 0 aliphatic carbocycles. The number of rotatable bonds is 8. The first-order valence-corrected chi connectivity index (χ1v) is 6.90. The number of hydrogen-bond acceptors (Lipinski definition) is 3. The minimum absolute atomic E-state index is 0.0336. The van der Waals surface area contributed by atoms with Gasteiger partial charge in [0.2, 0.25) is 0 Å². The van der Waals surface area contributed by atoms with E-state index in [1.165, 1.54) is 17.7 Å². The fraction of sp³-hybridized carbons (Fsp3) is 0.923. The summed E-state index contributed by atoms with van der Waals surface area (Å²) in [6, 6.07) is 0. The molecule has 4 nitrogen and oxygen atoms in total. The number of esters is 1. The van der Waals surface area contributed by atoms with E-state index in [2.05, 4.69) is 6.92 Å². The van der Waals surface area contributed by atoms with Gasteiger partial charge in [-0.05, 0) is 6.42 Å². The van der Waals surface area contributed by atoms with Crippen LogP contribution in [0, 0.1) is 0 Å². The van der Waals surface area contributed by atoms with Crippen LogP contribution in [0.3, 0.4) is 0 Å². The number of morpholine rings is 1. The Morgan fingerprint density at radius 1 is 1.24 bits per heavy atom. The Morgan fingerprint density at radius 2 is 2.00 bits per heavy atom. The zero-order valence-corrected chi connectivity index (χ0v) is 11.0. The van der Waals surface area contributed by atoms with Crippen molar-refractivity contribution in [2.45, 2.75) is 39.0 Å². The van der Waals surface area contributed by atoms with Gasteiger partial charge in [0.05, 0.1) is 13.2 Å². The van der Waals surface area contributed by atoms with E-state index in [4.69, 9.17) is 9.47 Å². The van der Waals surface area contributed by atoms with Gasteiger partial charge in [0.1, 0.15) is 26.2 Å². The molecule has 0 bridgehead atoms. The van der Waals surface area contributed by atoms with Gasteiger partial charge in [0.25, 0.3) is 0 Å². The third-order valence-electron chi connectivity index (χ3n) is 3.15. The van der Waals surface area contributed by atoms with Gasteiger partial charge in [-0.25, -0.2) is 0 Å². The molecule has 1 aliphatic rings. The molecule has 0 radical (unpaired) electrons. The normalized spacial score (nSPS) is 17.0. The van der Waals surface area contributed by atoms with E-state index in [1.54, 1.807) is 0 Å². The van der Waals surface area contributed by atoms with Gasteiger partial charge < -0.3 is 14.4 Å². The highest BCUT2D eigenvalue weighted by Gasteiger charge is 2.13. The fourth-order valence-electron chi connectivity index (χ4n) is 1.99. The van der Waals surface area contributed by atoms with E-state index in [1.807, 2.05) is 0 Å². The maximum absolute atomic E-state index is 11.4. The van der Waals surface area contributed by atoms with Crippen LogP contribution in [0.4, 0.5) is 0 Å². The number of carbonyl (C=O) groups excluding carboxylic acids is 1. The van der Waals surface area contributed by atoms with Gasteiger partial charge in [0, 0.05) is 6.42 Å². The molecule has 100 valence electrons. The van der Waals surface area contributed by atoms with E-state index in [-0.39, 0.29) is 5.97 Å². The quantitative estimate of drug-likeness (QED) is 0.497. The lowest BCUT2D eigenvalue weighted by Crippen LogP contribution is -3.14. The smallest absolute Gasteiger partial charge is 0.305 e. The minimum atomic E-state index is -0.0336. The molecule has 4 heteroatoms. The highest BCUT2D eigenvalue weighted by Crippen LogP contribution is 2.03. The topological polar surface area (TPSA) is 40.0 Å². The summed E-state index contributed by atoms with van der Waals surface area (Å²) in [5, 5.41) is 0. The van der Waals surface area contributed by atoms with E-state index in [9.17, 15) is 4.79 Å². The molecule has 1 heterocycles. The zero-order valence-electron chi connectivity index (χ0n) is 11.0. The summed E-state index contributed by atoms with van der Waals surface area (Å²) in [7, 11) is 0. The Hall–Kier alpha value is -0.610. The van der Waals surface area contributed by atoms with Gasteiger partial charge in [-0.3, -0.25) is 4.79 Å². The van der Waals surface area contributed by atoms with E-state index in [0.717, 1.165) is 45.7 Å². The van der Waals surface area contributed by atoms with Gasteiger partial charge in [-0.15, -0.1) is 0 Å². The number of quaternary nitrogens is 1. The summed E-state index contributed by atoms with van der Waals surface area (Å²) in [6.07, 6.45) is 5.11. The lowest BCUT2D eigenvalue weighted by molar-refractivity contribution is -0.908. The van der Waals surface area contributed by atoms with E-state index >= 15 is 0 Å². The van der Waals surface area contributed by atoms with Crippen LogP contribution in [-0.2, 0) is 14.3 Å². The van der Waals surface area contributed by atoms with Crippen LogP contribution in [0.25, 0.3) is 0 Å². The molecule has 0 amide bonds. The molecule has 0 unspecified atom stereocenters. The van der Waals surface area contributed by atoms with Crippen molar-refractivity contribution >= 4 is 5.97 Å². The molecule has 1 aliphatic heterocycles. The average Bonchev–Trinajstić information content (AvgIpc) is 2.36. The van der Waals surface area contributed by atoms with Crippen molar-refractivity contribution in [2.24, 2.45) is 0 Å². The van der Waals surface area contributed by atoms with Crippen molar-refractivity contribution in [3.63, 3.8) is 0 Å². The summed E-state index contributed by atoms with van der Waals surface area (Å²) in [4.78, 5) is 12.9. The van der Waals surface area contributed by atoms with Gasteiger partial charge >= 0.3 is 5.97 Å². The molecule has 1 saturated heterocycles. The second-order valence-electron chi connectivity index (χ2n) is 4.64. The van der Waals surface area contributed by atoms with Crippen molar-refractivity contribution in [1.82, 2.24) is 0 Å². The average molecular weight is 244 g/mol. The third-order valence-corrected chi connectivity index (χ3v) is 3.15. The van der Waals surface area contributed by atoms with Crippen molar-refractivity contribution in [2.75, 3.05) is 39.5 Å². The largest absolute Gasteiger partial charge is 0.460 e. The van der Waals surface area contributed by atoms with Crippen LogP contribution in [0.1, 0.15) is 39.0 Å². The van der Waals surface area contributed by atoms with Crippen LogP contribution in [-0.4, -0.2) is 45.4 Å². The fourth-order valence-corrected chi connectivity index (χ4v) is 1.99. The Labute approximate surface area is 104 Å². The number of hydrogen-bond donors (Lipinski definition) is 1. The van der Waals surface area contributed by atoms with E-state index < -0.39 is 0 Å². The van der Waals surface area contributed by atoms with Gasteiger partial charge in [0.15, 0.2) is 0 Å². The summed E-state index contributed by atoms with van der Waals surface area (Å²) in [6.45, 7) is 7.39. The van der Waals surface area contributed by atoms with E-state index in [0.29, 0.717) is 13.0 Å². The van der Waals surface area contributed by atoms with Gasteiger partial charge in [-0.2, -0.15) is 0 Å². The number of carbonyl (C=O) groups is 1. The predicted octanol–water partition coefficient (Wildman–Crippen LogP) is 0.415. The summed E-state index contributed by atoms with van der Waals surface area (Å²) < 4.78 is 10.5. The molecule has 1 rings (SSSR count). The van der Waals surface area contributed by atoms with Crippen LogP contribution in [0.5, 0.6) is 0 Å². The maximum atomic E-state index is 11.4. The van der Waals surface area contributed by atoms with Crippen molar-refractivity contribution in [3.05, 3.63) is 0 Å². The Balaban J connectivity index is 1.92. The minimum Gasteiger partial charge on any atom is -0.460 e.